The molecule has 0 spiro atoms. The number of anilines is 1. The van der Waals surface area contributed by atoms with Crippen LogP contribution in [0.5, 0.6) is 5.75 Å². The summed E-state index contributed by atoms with van der Waals surface area (Å²) in [5.74, 6) is 0.758. The number of amides is 1. The predicted molar refractivity (Wildman–Crippen MR) is 72.8 cm³/mol. The quantitative estimate of drug-likeness (QED) is 0.779. The van der Waals surface area contributed by atoms with E-state index in [0.29, 0.717) is 24.5 Å². The van der Waals surface area contributed by atoms with Crippen LogP contribution < -0.4 is 10.5 Å². The number of ether oxygens (including phenoxy) is 1. The highest BCUT2D eigenvalue weighted by atomic mass is 16.5. The number of nitrogens with zero attached hydrogens (tertiary/aromatic N) is 1. The first-order chi connectivity index (χ1) is 9.20. The number of nitrogens with two attached hydrogens (primary N) is 1. The molecule has 1 aromatic rings. The van der Waals surface area contributed by atoms with E-state index in [1.807, 2.05) is 0 Å². The summed E-state index contributed by atoms with van der Waals surface area (Å²) in [5.41, 5.74) is 6.26. The van der Waals surface area contributed by atoms with Gasteiger partial charge in [-0.25, -0.2) is 0 Å². The molecule has 104 valence electrons. The van der Waals surface area contributed by atoms with E-state index in [1.54, 1.807) is 29.2 Å². The summed E-state index contributed by atoms with van der Waals surface area (Å²) in [7, 11) is 0. The zero-order valence-electron chi connectivity index (χ0n) is 10.9. The first kappa shape index (κ1) is 13.7. The van der Waals surface area contributed by atoms with Crippen LogP contribution >= 0.6 is 0 Å². The van der Waals surface area contributed by atoms with Crippen LogP contribution in [0.3, 0.4) is 0 Å². The third-order valence-corrected chi connectivity index (χ3v) is 3.37. The van der Waals surface area contributed by atoms with Gasteiger partial charge in [-0.3, -0.25) is 4.79 Å². The standard InChI is InChI=1S/C14H20N2O3/c15-11-3-5-13(6-4-11)19-9-7-14(18)16-8-1-2-12(16)10-17/h3-6,12,17H,1-2,7-10,15H2/t12-/m0/s1. The number of hydrogen-bond acceptors (Lipinski definition) is 4. The number of likely N-dealkylation sites (tertiary alicyclic amines) is 1. The molecular formula is C14H20N2O3. The molecule has 5 nitrogen and oxygen atoms in total. The molecule has 1 fully saturated rings. The summed E-state index contributed by atoms with van der Waals surface area (Å²) in [6, 6.07) is 7.08. The van der Waals surface area contributed by atoms with Crippen molar-refractivity contribution in [2.75, 3.05) is 25.5 Å². The Hall–Kier alpha value is -1.75. The summed E-state index contributed by atoms with van der Waals surface area (Å²) < 4.78 is 5.49. The fraction of sp³-hybridized carbons (Fsp3) is 0.500. The third kappa shape index (κ3) is 3.61. The lowest BCUT2D eigenvalue weighted by atomic mass is 10.2. The average Bonchev–Trinajstić information content (AvgIpc) is 2.89. The topological polar surface area (TPSA) is 75.8 Å². The van der Waals surface area contributed by atoms with Crippen LogP contribution in [0.4, 0.5) is 5.69 Å². The Labute approximate surface area is 113 Å². The first-order valence-corrected chi connectivity index (χ1v) is 6.59. The van der Waals surface area contributed by atoms with Crippen molar-refractivity contribution < 1.29 is 14.6 Å². The van der Waals surface area contributed by atoms with E-state index < -0.39 is 0 Å². The van der Waals surface area contributed by atoms with Crippen molar-refractivity contribution in [3.05, 3.63) is 24.3 Å². The van der Waals surface area contributed by atoms with E-state index in [2.05, 4.69) is 0 Å². The number of benzene rings is 1. The number of nitrogen functional groups attached to an aromatic ring is 1. The molecule has 0 radical (unpaired) electrons. The fourth-order valence-electron chi connectivity index (χ4n) is 2.32. The predicted octanol–water partition coefficient (Wildman–Crippen LogP) is 1.02. The second-order valence-corrected chi connectivity index (χ2v) is 4.73. The van der Waals surface area contributed by atoms with Crippen LogP contribution in [-0.4, -0.2) is 41.7 Å². The number of carbonyl (C=O) groups excluding carboxylic acids is 1. The van der Waals surface area contributed by atoms with Crippen LogP contribution in [-0.2, 0) is 4.79 Å². The number of rotatable bonds is 5. The minimum Gasteiger partial charge on any atom is -0.493 e. The van der Waals surface area contributed by atoms with Gasteiger partial charge in [0.1, 0.15) is 5.75 Å². The van der Waals surface area contributed by atoms with Gasteiger partial charge in [0.25, 0.3) is 0 Å². The summed E-state index contributed by atoms with van der Waals surface area (Å²) in [4.78, 5) is 13.7. The van der Waals surface area contributed by atoms with Gasteiger partial charge >= 0.3 is 0 Å². The molecule has 0 aliphatic carbocycles. The molecule has 0 bridgehead atoms. The molecule has 0 aromatic heterocycles. The molecule has 0 saturated carbocycles. The van der Waals surface area contributed by atoms with E-state index in [0.717, 1.165) is 19.4 Å². The highest BCUT2D eigenvalue weighted by Gasteiger charge is 2.27. The molecule has 1 amide bonds. The van der Waals surface area contributed by atoms with Crippen LogP contribution in [0.1, 0.15) is 19.3 Å². The molecule has 1 aliphatic heterocycles. The largest absolute Gasteiger partial charge is 0.493 e. The average molecular weight is 264 g/mol. The summed E-state index contributed by atoms with van der Waals surface area (Å²) in [6.45, 7) is 1.13. The van der Waals surface area contributed by atoms with Crippen molar-refractivity contribution in [2.24, 2.45) is 0 Å². The second-order valence-electron chi connectivity index (χ2n) is 4.73. The Morgan fingerprint density at radius 3 is 2.84 bits per heavy atom. The Kier molecular flexibility index (Phi) is 4.63. The maximum atomic E-state index is 12.0. The van der Waals surface area contributed by atoms with Crippen LogP contribution in [0, 0.1) is 0 Å². The van der Waals surface area contributed by atoms with Crippen molar-refractivity contribution in [3.63, 3.8) is 0 Å². The van der Waals surface area contributed by atoms with E-state index >= 15 is 0 Å². The summed E-state index contributed by atoms with van der Waals surface area (Å²) in [6.07, 6.45) is 2.19. The molecule has 1 aromatic carbocycles. The Morgan fingerprint density at radius 1 is 1.42 bits per heavy atom. The number of hydrogen-bond donors (Lipinski definition) is 2. The minimum atomic E-state index is -0.0102. The maximum absolute atomic E-state index is 12.0. The van der Waals surface area contributed by atoms with E-state index in [4.69, 9.17) is 10.5 Å². The van der Waals surface area contributed by atoms with E-state index in [1.165, 1.54) is 0 Å². The number of carbonyl (C=O) groups is 1. The molecule has 2 rings (SSSR count). The summed E-state index contributed by atoms with van der Waals surface area (Å²) >= 11 is 0. The second kappa shape index (κ2) is 6.43. The molecule has 1 aliphatic rings. The zero-order chi connectivity index (χ0) is 13.7. The Balaban J connectivity index is 1.76. The van der Waals surface area contributed by atoms with Gasteiger partial charge in [0.2, 0.25) is 5.91 Å². The minimum absolute atomic E-state index is 0.0102. The Morgan fingerprint density at radius 2 is 2.16 bits per heavy atom. The van der Waals surface area contributed by atoms with Gasteiger partial charge in [-0.2, -0.15) is 0 Å². The molecule has 3 N–H and O–H groups in total. The smallest absolute Gasteiger partial charge is 0.226 e. The molecule has 19 heavy (non-hydrogen) atoms. The lowest BCUT2D eigenvalue weighted by Gasteiger charge is -2.23. The van der Waals surface area contributed by atoms with Crippen LogP contribution in [0.2, 0.25) is 0 Å². The molecule has 0 unspecified atom stereocenters. The lowest BCUT2D eigenvalue weighted by Crippen LogP contribution is -2.38. The van der Waals surface area contributed by atoms with Crippen molar-refractivity contribution in [1.82, 2.24) is 4.90 Å². The number of aliphatic hydroxyl groups is 1. The monoisotopic (exact) mass is 264 g/mol. The molecular weight excluding hydrogens is 244 g/mol. The fourth-order valence-corrected chi connectivity index (χ4v) is 2.32. The van der Waals surface area contributed by atoms with Crippen molar-refractivity contribution in [1.29, 1.82) is 0 Å². The van der Waals surface area contributed by atoms with Crippen molar-refractivity contribution in [2.45, 2.75) is 25.3 Å². The molecule has 1 heterocycles. The first-order valence-electron chi connectivity index (χ1n) is 6.59. The lowest BCUT2D eigenvalue weighted by molar-refractivity contribution is -0.133. The van der Waals surface area contributed by atoms with Crippen molar-refractivity contribution >= 4 is 11.6 Å². The van der Waals surface area contributed by atoms with Gasteiger partial charge in [-0.15, -0.1) is 0 Å². The molecule has 1 saturated heterocycles. The molecule has 5 heteroatoms. The summed E-state index contributed by atoms with van der Waals surface area (Å²) in [5, 5.41) is 9.18. The Bertz CT molecular complexity index is 419. The van der Waals surface area contributed by atoms with Crippen LogP contribution in [0.15, 0.2) is 24.3 Å². The highest BCUT2D eigenvalue weighted by Crippen LogP contribution is 2.18. The third-order valence-electron chi connectivity index (χ3n) is 3.37. The normalized spacial score (nSPS) is 18.6. The van der Waals surface area contributed by atoms with Crippen molar-refractivity contribution in [3.8, 4) is 5.75 Å². The van der Waals surface area contributed by atoms with Crippen LogP contribution in [0.25, 0.3) is 0 Å². The van der Waals surface area contributed by atoms with Gasteiger partial charge in [0, 0.05) is 12.2 Å². The SMILES string of the molecule is Nc1ccc(OCCC(=O)N2CCC[C@H]2CO)cc1. The zero-order valence-corrected chi connectivity index (χ0v) is 10.9. The van der Waals surface area contributed by atoms with Gasteiger partial charge in [-0.05, 0) is 37.1 Å². The van der Waals surface area contributed by atoms with Gasteiger partial charge in [0.15, 0.2) is 0 Å². The van der Waals surface area contributed by atoms with Gasteiger partial charge < -0.3 is 20.5 Å². The maximum Gasteiger partial charge on any atom is 0.226 e. The van der Waals surface area contributed by atoms with Gasteiger partial charge in [-0.1, -0.05) is 0 Å². The van der Waals surface area contributed by atoms with E-state index in [9.17, 15) is 9.90 Å². The van der Waals surface area contributed by atoms with E-state index in [-0.39, 0.29) is 18.6 Å². The highest BCUT2D eigenvalue weighted by molar-refractivity contribution is 5.77. The van der Waals surface area contributed by atoms with Gasteiger partial charge in [0.05, 0.1) is 25.7 Å². The number of aliphatic hydroxyl groups excluding tert-OH is 1. The molecule has 1 atom stereocenters.